The zero-order chi connectivity index (χ0) is 14.7. The van der Waals surface area contributed by atoms with Gasteiger partial charge in [-0.1, -0.05) is 6.07 Å². The molecule has 0 heterocycles. The predicted octanol–water partition coefficient (Wildman–Crippen LogP) is 1.30. The van der Waals surface area contributed by atoms with Gasteiger partial charge in [0.25, 0.3) is 0 Å². The minimum Gasteiger partial charge on any atom is -0.399 e. The quantitative estimate of drug-likeness (QED) is 0.709. The average molecular weight is 277 g/mol. The Morgan fingerprint density at radius 2 is 2.25 bits per heavy atom. The van der Waals surface area contributed by atoms with Gasteiger partial charge in [0.1, 0.15) is 0 Å². The minimum atomic E-state index is -0.214. The predicted molar refractivity (Wildman–Crippen MR) is 80.3 cm³/mol. The molecule has 4 N–H and O–H groups in total. The van der Waals surface area contributed by atoms with Crippen LogP contribution < -0.4 is 11.1 Å². The molecule has 1 saturated carbocycles. The molecule has 0 saturated heterocycles. The molecule has 1 aromatic carbocycles. The molecule has 1 aliphatic carbocycles. The highest BCUT2D eigenvalue weighted by Gasteiger charge is 2.30. The first-order valence-electron chi connectivity index (χ1n) is 7.00. The van der Waals surface area contributed by atoms with Gasteiger partial charge in [0, 0.05) is 17.9 Å². The van der Waals surface area contributed by atoms with Crippen LogP contribution in [0.2, 0.25) is 0 Å². The molecule has 1 fully saturated rings. The molecule has 1 aliphatic rings. The number of anilines is 2. The minimum absolute atomic E-state index is 0.0435. The van der Waals surface area contributed by atoms with E-state index in [1.807, 2.05) is 31.0 Å². The Morgan fingerprint density at radius 3 is 2.85 bits per heavy atom. The topological polar surface area (TPSA) is 78.6 Å². The maximum absolute atomic E-state index is 12.2. The second-order valence-corrected chi connectivity index (χ2v) is 5.72. The fourth-order valence-corrected chi connectivity index (χ4v) is 2.48. The first-order chi connectivity index (χ1) is 9.45. The van der Waals surface area contributed by atoms with Crippen LogP contribution in [0, 0.1) is 5.92 Å². The number of nitrogens with zero attached hydrogens (tertiary/aromatic N) is 1. The number of hydrogen-bond acceptors (Lipinski definition) is 4. The molecule has 0 aliphatic heterocycles. The summed E-state index contributed by atoms with van der Waals surface area (Å²) in [6.45, 7) is 2.72. The smallest absolute Gasteiger partial charge is 0.241 e. The van der Waals surface area contributed by atoms with Gasteiger partial charge in [-0.25, -0.2) is 0 Å². The Labute approximate surface area is 119 Å². The van der Waals surface area contributed by atoms with Crippen LogP contribution in [-0.2, 0) is 4.79 Å². The van der Waals surface area contributed by atoms with Crippen LogP contribution in [0.15, 0.2) is 24.3 Å². The Kier molecular flexibility index (Phi) is 4.62. The van der Waals surface area contributed by atoms with E-state index in [-0.39, 0.29) is 18.1 Å². The van der Waals surface area contributed by atoms with Crippen molar-refractivity contribution in [1.82, 2.24) is 4.90 Å². The number of rotatable bonds is 5. The number of nitrogens with one attached hydrogen (secondary N) is 1. The standard InChI is InChI=1S/C15H23N3O2/c1-10(18(2)9-11-6-14(19)7-11)15(20)17-13-5-3-4-12(16)8-13/h3-5,8,10-11,14,19H,6-7,9,16H2,1-2H3,(H,17,20). The molecule has 1 aromatic rings. The van der Waals surface area contributed by atoms with Gasteiger partial charge in [-0.3, -0.25) is 9.69 Å². The first-order valence-corrected chi connectivity index (χ1v) is 7.00. The second kappa shape index (κ2) is 6.24. The highest BCUT2D eigenvalue weighted by Crippen LogP contribution is 2.28. The fraction of sp³-hybridized carbons (Fsp3) is 0.533. The van der Waals surface area contributed by atoms with E-state index in [0.29, 0.717) is 17.3 Å². The van der Waals surface area contributed by atoms with Gasteiger partial charge in [-0.2, -0.15) is 0 Å². The van der Waals surface area contributed by atoms with E-state index in [2.05, 4.69) is 5.32 Å². The van der Waals surface area contributed by atoms with Crippen molar-refractivity contribution in [3.63, 3.8) is 0 Å². The summed E-state index contributed by atoms with van der Waals surface area (Å²) >= 11 is 0. The summed E-state index contributed by atoms with van der Waals surface area (Å²) in [5.41, 5.74) is 7.04. The molecular weight excluding hydrogens is 254 g/mol. The van der Waals surface area contributed by atoms with Gasteiger partial charge in [0.15, 0.2) is 0 Å². The van der Waals surface area contributed by atoms with Crippen molar-refractivity contribution in [2.45, 2.75) is 31.9 Å². The maximum atomic E-state index is 12.2. The molecule has 1 amide bonds. The lowest BCUT2D eigenvalue weighted by Gasteiger charge is -2.36. The second-order valence-electron chi connectivity index (χ2n) is 5.72. The average Bonchev–Trinajstić information content (AvgIpc) is 2.35. The van der Waals surface area contributed by atoms with E-state index in [9.17, 15) is 9.90 Å². The normalized spacial score (nSPS) is 23.2. The molecule has 1 unspecified atom stereocenters. The molecule has 5 nitrogen and oxygen atoms in total. The summed E-state index contributed by atoms with van der Waals surface area (Å²) in [6, 6.07) is 6.95. The summed E-state index contributed by atoms with van der Waals surface area (Å²) in [4.78, 5) is 14.2. The van der Waals surface area contributed by atoms with Crippen molar-refractivity contribution in [3.8, 4) is 0 Å². The van der Waals surface area contributed by atoms with Gasteiger partial charge in [-0.05, 0) is 50.9 Å². The van der Waals surface area contributed by atoms with Crippen molar-refractivity contribution < 1.29 is 9.90 Å². The fourth-order valence-electron chi connectivity index (χ4n) is 2.48. The van der Waals surface area contributed by atoms with Crippen LogP contribution in [0.5, 0.6) is 0 Å². The van der Waals surface area contributed by atoms with E-state index in [1.54, 1.807) is 12.1 Å². The third-order valence-electron chi connectivity index (χ3n) is 3.95. The van der Waals surface area contributed by atoms with Crippen LogP contribution in [-0.4, -0.2) is 41.7 Å². The van der Waals surface area contributed by atoms with Crippen molar-refractivity contribution >= 4 is 17.3 Å². The number of nitrogens with two attached hydrogens (primary N) is 1. The lowest BCUT2D eigenvalue weighted by molar-refractivity contribution is -0.120. The number of carbonyl (C=O) groups is 1. The van der Waals surface area contributed by atoms with Gasteiger partial charge < -0.3 is 16.2 Å². The SMILES string of the molecule is CC(C(=O)Nc1cccc(N)c1)N(C)CC1CC(O)C1. The molecule has 5 heteroatoms. The van der Waals surface area contributed by atoms with Crippen LogP contribution in [0.25, 0.3) is 0 Å². The summed E-state index contributed by atoms with van der Waals surface area (Å²) in [7, 11) is 1.94. The van der Waals surface area contributed by atoms with Gasteiger partial charge >= 0.3 is 0 Å². The molecule has 20 heavy (non-hydrogen) atoms. The third-order valence-corrected chi connectivity index (χ3v) is 3.95. The van der Waals surface area contributed by atoms with Crippen molar-refractivity contribution in [2.75, 3.05) is 24.6 Å². The summed E-state index contributed by atoms with van der Waals surface area (Å²) < 4.78 is 0. The molecule has 0 spiro atoms. The number of carbonyl (C=O) groups excluding carboxylic acids is 1. The first kappa shape index (κ1) is 14.8. The summed E-state index contributed by atoms with van der Waals surface area (Å²) in [5, 5.41) is 12.2. The monoisotopic (exact) mass is 277 g/mol. The maximum Gasteiger partial charge on any atom is 0.241 e. The zero-order valence-corrected chi connectivity index (χ0v) is 12.0. The summed E-state index contributed by atoms with van der Waals surface area (Å²) in [6.07, 6.45) is 1.53. The highest BCUT2D eigenvalue weighted by atomic mass is 16.3. The zero-order valence-electron chi connectivity index (χ0n) is 12.0. The number of aliphatic hydroxyl groups excluding tert-OH is 1. The lowest BCUT2D eigenvalue weighted by atomic mass is 9.82. The molecule has 0 radical (unpaired) electrons. The van der Waals surface area contributed by atoms with Crippen LogP contribution in [0.4, 0.5) is 11.4 Å². The molecule has 110 valence electrons. The van der Waals surface area contributed by atoms with Crippen LogP contribution >= 0.6 is 0 Å². The van der Waals surface area contributed by atoms with Crippen LogP contribution in [0.1, 0.15) is 19.8 Å². The molecule has 1 atom stereocenters. The number of aliphatic hydroxyl groups is 1. The van der Waals surface area contributed by atoms with E-state index >= 15 is 0 Å². The Bertz CT molecular complexity index is 472. The number of hydrogen-bond donors (Lipinski definition) is 3. The molecule has 2 rings (SSSR count). The number of benzene rings is 1. The largest absolute Gasteiger partial charge is 0.399 e. The highest BCUT2D eigenvalue weighted by molar-refractivity contribution is 5.94. The van der Waals surface area contributed by atoms with Crippen molar-refractivity contribution in [2.24, 2.45) is 5.92 Å². The van der Waals surface area contributed by atoms with E-state index in [0.717, 1.165) is 19.4 Å². The van der Waals surface area contributed by atoms with E-state index in [1.165, 1.54) is 0 Å². The van der Waals surface area contributed by atoms with E-state index in [4.69, 9.17) is 5.73 Å². The van der Waals surface area contributed by atoms with Crippen LogP contribution in [0.3, 0.4) is 0 Å². The Balaban J connectivity index is 1.84. The summed E-state index contributed by atoms with van der Waals surface area (Å²) in [5.74, 6) is 0.454. The number of amides is 1. The van der Waals surface area contributed by atoms with Crippen molar-refractivity contribution in [1.29, 1.82) is 0 Å². The molecule has 0 bridgehead atoms. The van der Waals surface area contributed by atoms with Gasteiger partial charge in [-0.15, -0.1) is 0 Å². The molecule has 0 aromatic heterocycles. The third kappa shape index (κ3) is 3.71. The number of likely N-dealkylation sites (N-methyl/N-ethyl adjacent to an activating group) is 1. The van der Waals surface area contributed by atoms with Crippen molar-refractivity contribution in [3.05, 3.63) is 24.3 Å². The van der Waals surface area contributed by atoms with E-state index < -0.39 is 0 Å². The lowest BCUT2D eigenvalue weighted by Crippen LogP contribution is -2.45. The van der Waals surface area contributed by atoms with Gasteiger partial charge in [0.05, 0.1) is 12.1 Å². The number of nitrogen functional groups attached to an aromatic ring is 1. The Morgan fingerprint density at radius 1 is 1.55 bits per heavy atom. The van der Waals surface area contributed by atoms with Gasteiger partial charge in [0.2, 0.25) is 5.91 Å². The molecular formula is C15H23N3O2. The Hall–Kier alpha value is -1.59.